The summed E-state index contributed by atoms with van der Waals surface area (Å²) in [6.45, 7) is 0.511. The topological polar surface area (TPSA) is 72.0 Å². The average molecular weight is 229 g/mol. The molecule has 0 atom stereocenters. The van der Waals surface area contributed by atoms with Crippen LogP contribution in [0.3, 0.4) is 0 Å². The second kappa shape index (κ2) is 3.75. The first-order chi connectivity index (χ1) is 8.23. The number of aliphatic hydroxyl groups is 1. The first-order valence-corrected chi connectivity index (χ1v) is 5.84. The highest BCUT2D eigenvalue weighted by Gasteiger charge is 2.45. The Balaban J connectivity index is 2.06. The minimum atomic E-state index is -0.244. The fourth-order valence-electron chi connectivity index (χ4n) is 2.54. The summed E-state index contributed by atoms with van der Waals surface area (Å²) in [6.07, 6.45) is 2.93. The molecule has 0 saturated heterocycles. The van der Waals surface area contributed by atoms with E-state index in [0.717, 1.165) is 16.7 Å². The lowest BCUT2D eigenvalue weighted by Gasteiger charge is -2.44. The van der Waals surface area contributed by atoms with Gasteiger partial charge >= 0.3 is 0 Å². The SMILES string of the molecule is NCC1(c2cnc3ccccc3n2)CC(O)C1. The largest absolute Gasteiger partial charge is 0.393 e. The molecule has 0 bridgehead atoms. The van der Waals surface area contributed by atoms with Gasteiger partial charge in [-0.3, -0.25) is 4.98 Å². The van der Waals surface area contributed by atoms with E-state index in [0.29, 0.717) is 19.4 Å². The van der Waals surface area contributed by atoms with Crippen molar-refractivity contribution in [2.24, 2.45) is 5.73 Å². The molecule has 1 aliphatic rings. The zero-order chi connectivity index (χ0) is 11.9. The Hall–Kier alpha value is -1.52. The first kappa shape index (κ1) is 10.6. The lowest BCUT2D eigenvalue weighted by molar-refractivity contribution is 0.0200. The van der Waals surface area contributed by atoms with E-state index in [2.05, 4.69) is 9.97 Å². The Morgan fingerprint density at radius 1 is 1.29 bits per heavy atom. The van der Waals surface area contributed by atoms with Crippen molar-refractivity contribution in [3.63, 3.8) is 0 Å². The molecule has 88 valence electrons. The Kier molecular flexibility index (Phi) is 2.34. The number of fused-ring (bicyclic) bond motifs is 1. The van der Waals surface area contributed by atoms with Gasteiger partial charge < -0.3 is 10.8 Å². The van der Waals surface area contributed by atoms with E-state index >= 15 is 0 Å². The Labute approximate surface area is 99.5 Å². The van der Waals surface area contributed by atoms with E-state index in [9.17, 15) is 5.11 Å². The molecule has 1 aromatic carbocycles. The van der Waals surface area contributed by atoms with Gasteiger partial charge in [0.05, 0.1) is 22.8 Å². The molecule has 0 amide bonds. The highest BCUT2D eigenvalue weighted by atomic mass is 16.3. The van der Waals surface area contributed by atoms with E-state index in [1.54, 1.807) is 6.20 Å². The Bertz CT molecular complexity index is 549. The lowest BCUT2D eigenvalue weighted by atomic mass is 9.65. The lowest BCUT2D eigenvalue weighted by Crippen LogP contribution is -2.50. The maximum Gasteiger partial charge on any atom is 0.0890 e. The first-order valence-electron chi connectivity index (χ1n) is 5.84. The quantitative estimate of drug-likeness (QED) is 0.805. The molecule has 0 unspecified atom stereocenters. The van der Waals surface area contributed by atoms with Gasteiger partial charge in [-0.15, -0.1) is 0 Å². The van der Waals surface area contributed by atoms with Crippen molar-refractivity contribution in [3.8, 4) is 0 Å². The summed E-state index contributed by atoms with van der Waals surface area (Å²) >= 11 is 0. The van der Waals surface area contributed by atoms with E-state index in [1.807, 2.05) is 24.3 Å². The third-order valence-electron chi connectivity index (χ3n) is 3.64. The van der Waals surface area contributed by atoms with Crippen LogP contribution in [0.25, 0.3) is 11.0 Å². The van der Waals surface area contributed by atoms with Crippen LogP contribution in [0.4, 0.5) is 0 Å². The summed E-state index contributed by atoms with van der Waals surface area (Å²) in [6, 6.07) is 7.79. The van der Waals surface area contributed by atoms with E-state index in [1.165, 1.54) is 0 Å². The van der Waals surface area contributed by atoms with E-state index in [4.69, 9.17) is 5.73 Å². The monoisotopic (exact) mass is 229 g/mol. The van der Waals surface area contributed by atoms with Gasteiger partial charge in [-0.1, -0.05) is 12.1 Å². The fraction of sp³-hybridized carbons (Fsp3) is 0.385. The number of hydrogen-bond acceptors (Lipinski definition) is 4. The molecule has 17 heavy (non-hydrogen) atoms. The van der Waals surface area contributed by atoms with Crippen LogP contribution < -0.4 is 5.73 Å². The van der Waals surface area contributed by atoms with Gasteiger partial charge in [0.25, 0.3) is 0 Å². The minimum Gasteiger partial charge on any atom is -0.393 e. The number of benzene rings is 1. The van der Waals surface area contributed by atoms with Crippen molar-refractivity contribution in [1.82, 2.24) is 9.97 Å². The zero-order valence-corrected chi connectivity index (χ0v) is 9.50. The van der Waals surface area contributed by atoms with Crippen molar-refractivity contribution < 1.29 is 5.11 Å². The van der Waals surface area contributed by atoms with Crippen molar-refractivity contribution >= 4 is 11.0 Å². The van der Waals surface area contributed by atoms with Gasteiger partial charge in [0.15, 0.2) is 0 Å². The number of aliphatic hydroxyl groups excluding tert-OH is 1. The van der Waals surface area contributed by atoms with Gasteiger partial charge in [-0.05, 0) is 25.0 Å². The highest BCUT2D eigenvalue weighted by Crippen LogP contribution is 2.42. The molecule has 2 aromatic rings. The molecule has 1 saturated carbocycles. The maximum atomic E-state index is 9.49. The molecule has 1 heterocycles. The van der Waals surface area contributed by atoms with Crippen LogP contribution >= 0.6 is 0 Å². The average Bonchev–Trinajstić information content (AvgIpc) is 2.34. The standard InChI is InChI=1S/C13H15N3O/c14-8-13(5-9(17)6-13)12-7-15-10-3-1-2-4-11(10)16-12/h1-4,7,9,17H,5-6,8,14H2. The van der Waals surface area contributed by atoms with Crippen LogP contribution in [-0.2, 0) is 5.41 Å². The zero-order valence-electron chi connectivity index (χ0n) is 9.50. The number of nitrogens with two attached hydrogens (primary N) is 1. The number of para-hydroxylation sites is 2. The molecule has 0 aliphatic heterocycles. The molecule has 1 aromatic heterocycles. The van der Waals surface area contributed by atoms with Gasteiger partial charge in [0.1, 0.15) is 0 Å². The van der Waals surface area contributed by atoms with E-state index in [-0.39, 0.29) is 11.5 Å². The number of aromatic nitrogens is 2. The third kappa shape index (κ3) is 1.61. The minimum absolute atomic E-state index is 0.170. The summed E-state index contributed by atoms with van der Waals surface area (Å²) in [4.78, 5) is 9.02. The van der Waals surface area contributed by atoms with Crippen molar-refractivity contribution in [3.05, 3.63) is 36.2 Å². The Morgan fingerprint density at radius 3 is 2.65 bits per heavy atom. The molecular weight excluding hydrogens is 214 g/mol. The smallest absolute Gasteiger partial charge is 0.0890 e. The number of rotatable bonds is 2. The van der Waals surface area contributed by atoms with Crippen molar-refractivity contribution in [2.75, 3.05) is 6.54 Å². The highest BCUT2D eigenvalue weighted by molar-refractivity contribution is 5.73. The molecule has 0 spiro atoms. The molecule has 3 N–H and O–H groups in total. The number of nitrogens with zero attached hydrogens (tertiary/aromatic N) is 2. The normalized spacial score (nSPS) is 28.0. The van der Waals surface area contributed by atoms with Gasteiger partial charge in [0, 0.05) is 18.2 Å². The van der Waals surface area contributed by atoms with Crippen LogP contribution in [0.2, 0.25) is 0 Å². The molecule has 4 nitrogen and oxygen atoms in total. The van der Waals surface area contributed by atoms with Crippen LogP contribution in [0, 0.1) is 0 Å². The summed E-state index contributed by atoms with van der Waals surface area (Å²) in [7, 11) is 0. The second-order valence-corrected chi connectivity index (χ2v) is 4.79. The summed E-state index contributed by atoms with van der Waals surface area (Å²) in [5.41, 5.74) is 8.34. The predicted octanol–water partition coefficient (Wildman–Crippen LogP) is 0.981. The van der Waals surface area contributed by atoms with Crippen LogP contribution in [0.1, 0.15) is 18.5 Å². The fourth-order valence-corrected chi connectivity index (χ4v) is 2.54. The molecule has 0 radical (unpaired) electrons. The summed E-state index contributed by atoms with van der Waals surface area (Å²) in [5.74, 6) is 0. The molecule has 3 rings (SSSR count). The molecular formula is C13H15N3O. The van der Waals surface area contributed by atoms with Gasteiger partial charge in [-0.25, -0.2) is 4.98 Å². The predicted molar refractivity (Wildman–Crippen MR) is 65.5 cm³/mol. The summed E-state index contributed by atoms with van der Waals surface area (Å²) < 4.78 is 0. The van der Waals surface area contributed by atoms with Gasteiger partial charge in [0.2, 0.25) is 0 Å². The van der Waals surface area contributed by atoms with Crippen LogP contribution in [0.5, 0.6) is 0 Å². The second-order valence-electron chi connectivity index (χ2n) is 4.79. The Morgan fingerprint density at radius 2 is 2.00 bits per heavy atom. The van der Waals surface area contributed by atoms with Crippen molar-refractivity contribution in [1.29, 1.82) is 0 Å². The van der Waals surface area contributed by atoms with E-state index < -0.39 is 0 Å². The number of hydrogen-bond donors (Lipinski definition) is 2. The van der Waals surface area contributed by atoms with Crippen molar-refractivity contribution in [2.45, 2.75) is 24.4 Å². The third-order valence-corrected chi connectivity index (χ3v) is 3.64. The molecule has 4 heteroatoms. The molecule has 1 fully saturated rings. The molecule has 1 aliphatic carbocycles. The van der Waals surface area contributed by atoms with Crippen LogP contribution in [-0.4, -0.2) is 27.7 Å². The summed E-state index contributed by atoms with van der Waals surface area (Å²) in [5, 5.41) is 9.49. The van der Waals surface area contributed by atoms with Gasteiger partial charge in [-0.2, -0.15) is 0 Å². The maximum absolute atomic E-state index is 9.49. The van der Waals surface area contributed by atoms with Crippen LogP contribution in [0.15, 0.2) is 30.5 Å².